The summed E-state index contributed by atoms with van der Waals surface area (Å²) < 4.78 is 20.9. The van der Waals surface area contributed by atoms with Gasteiger partial charge in [-0.3, -0.25) is 9.59 Å². The van der Waals surface area contributed by atoms with E-state index in [0.717, 1.165) is 0 Å². The number of likely N-dealkylation sites (tertiary alicyclic amines) is 1. The Bertz CT molecular complexity index is 1220. The van der Waals surface area contributed by atoms with Crippen molar-refractivity contribution in [2.45, 2.75) is 19.0 Å². The number of ketones is 1. The number of carbonyl (C=O) groups excluding carboxylic acids is 2. The Labute approximate surface area is 196 Å². The zero-order valence-electron chi connectivity index (χ0n) is 18.4. The lowest BCUT2D eigenvalue weighted by Crippen LogP contribution is -2.31. The molecule has 0 saturated carbocycles. The van der Waals surface area contributed by atoms with Crippen molar-refractivity contribution < 1.29 is 23.8 Å². The van der Waals surface area contributed by atoms with E-state index in [2.05, 4.69) is 11.6 Å². The summed E-state index contributed by atoms with van der Waals surface area (Å²) >= 11 is 0. The van der Waals surface area contributed by atoms with E-state index in [-0.39, 0.29) is 23.4 Å². The monoisotopic (exact) mass is 461 g/mol. The first-order chi connectivity index (χ1) is 16.5. The highest BCUT2D eigenvalue weighted by Gasteiger charge is 2.45. The van der Waals surface area contributed by atoms with Crippen molar-refractivity contribution in [2.75, 3.05) is 13.2 Å². The molecule has 1 unspecified atom stereocenters. The third-order valence-corrected chi connectivity index (χ3v) is 5.57. The second-order valence-electron chi connectivity index (χ2n) is 7.83. The Morgan fingerprint density at radius 2 is 1.97 bits per heavy atom. The molecule has 174 valence electrons. The molecule has 1 aliphatic heterocycles. The number of amides is 1. The van der Waals surface area contributed by atoms with Gasteiger partial charge in [0.15, 0.2) is 0 Å². The number of carbonyl (C=O) groups is 2. The first-order valence-corrected chi connectivity index (χ1v) is 10.8. The number of aromatic nitrogens is 2. The van der Waals surface area contributed by atoms with Crippen molar-refractivity contribution in [3.8, 4) is 5.75 Å². The minimum Gasteiger partial charge on any atom is -0.507 e. The van der Waals surface area contributed by atoms with Crippen LogP contribution >= 0.6 is 0 Å². The largest absolute Gasteiger partial charge is 0.507 e. The van der Waals surface area contributed by atoms with E-state index < -0.39 is 23.5 Å². The van der Waals surface area contributed by atoms with Gasteiger partial charge in [-0.25, -0.2) is 9.37 Å². The van der Waals surface area contributed by atoms with Crippen LogP contribution in [0.1, 0.15) is 23.6 Å². The molecule has 2 aromatic carbocycles. The van der Waals surface area contributed by atoms with Crippen molar-refractivity contribution in [2.24, 2.45) is 0 Å². The van der Waals surface area contributed by atoms with Gasteiger partial charge in [-0.15, -0.1) is 0 Å². The first-order valence-electron chi connectivity index (χ1n) is 10.8. The van der Waals surface area contributed by atoms with Gasteiger partial charge in [0.05, 0.1) is 17.9 Å². The highest BCUT2D eigenvalue weighted by molar-refractivity contribution is 6.46. The maximum absolute atomic E-state index is 13.4. The second kappa shape index (κ2) is 10.2. The summed E-state index contributed by atoms with van der Waals surface area (Å²) in [4.78, 5) is 31.6. The van der Waals surface area contributed by atoms with E-state index in [0.29, 0.717) is 30.9 Å². The Kier molecular flexibility index (Phi) is 6.87. The van der Waals surface area contributed by atoms with E-state index in [9.17, 15) is 19.1 Å². The van der Waals surface area contributed by atoms with Gasteiger partial charge >= 0.3 is 0 Å². The fourth-order valence-electron chi connectivity index (χ4n) is 3.99. The summed E-state index contributed by atoms with van der Waals surface area (Å²) in [5.41, 5.74) is 0.828. The molecule has 0 aliphatic carbocycles. The smallest absolute Gasteiger partial charge is 0.295 e. The van der Waals surface area contributed by atoms with Crippen LogP contribution in [0.25, 0.3) is 5.76 Å². The molecule has 3 aromatic rings. The predicted octanol–water partition coefficient (Wildman–Crippen LogP) is 4.10. The predicted molar refractivity (Wildman–Crippen MR) is 124 cm³/mol. The van der Waals surface area contributed by atoms with Gasteiger partial charge in [0.1, 0.15) is 23.9 Å². The number of hydrogen-bond acceptors (Lipinski definition) is 5. The lowest BCUT2D eigenvalue weighted by Gasteiger charge is -2.25. The normalized spacial score (nSPS) is 17.2. The van der Waals surface area contributed by atoms with Crippen LogP contribution in [0.4, 0.5) is 4.39 Å². The Balaban J connectivity index is 1.73. The average Bonchev–Trinajstić information content (AvgIpc) is 3.45. The van der Waals surface area contributed by atoms with Crippen LogP contribution in [0.2, 0.25) is 0 Å². The third-order valence-electron chi connectivity index (χ3n) is 5.57. The molecular weight excluding hydrogens is 437 g/mol. The topological polar surface area (TPSA) is 84.7 Å². The molecule has 0 spiro atoms. The van der Waals surface area contributed by atoms with Crippen molar-refractivity contribution in [1.29, 1.82) is 0 Å². The SMILES string of the molecule is C=CCOc1cccc(C2/C(=C(/O)c3ccc(F)cc3)C(=O)C(=O)N2CCCn2ccnc2)c1. The standard InChI is InChI=1S/C26H24FN3O4/c1-2-15-34-21-6-3-5-19(16-21)23-22(24(31)18-7-9-20(27)10-8-18)25(32)26(33)30(23)13-4-12-29-14-11-28-17-29/h2-3,5-11,14,16-17,23,31H,1,4,12-13,15H2/b24-22-. The zero-order valence-corrected chi connectivity index (χ0v) is 18.4. The number of ether oxygens (including phenoxy) is 1. The fraction of sp³-hybridized carbons (Fsp3) is 0.192. The number of aryl methyl sites for hydroxylation is 1. The molecule has 0 bridgehead atoms. The number of halogens is 1. The molecule has 34 heavy (non-hydrogen) atoms. The quantitative estimate of drug-likeness (QED) is 0.225. The molecule has 1 fully saturated rings. The highest BCUT2D eigenvalue weighted by Crippen LogP contribution is 2.40. The van der Waals surface area contributed by atoms with Gasteiger partial charge in [-0.1, -0.05) is 24.8 Å². The van der Waals surface area contributed by atoms with E-state index >= 15 is 0 Å². The summed E-state index contributed by atoms with van der Waals surface area (Å²) in [7, 11) is 0. The van der Waals surface area contributed by atoms with Gasteiger partial charge in [0, 0.05) is 31.0 Å². The number of Topliss-reactive ketones (excluding diaryl/α,β-unsaturated/α-hetero) is 1. The molecule has 1 amide bonds. The molecule has 1 aromatic heterocycles. The Morgan fingerprint density at radius 3 is 2.68 bits per heavy atom. The van der Waals surface area contributed by atoms with Gasteiger partial charge < -0.3 is 19.3 Å². The number of hydrogen-bond donors (Lipinski definition) is 1. The number of imidazole rings is 1. The molecule has 8 heteroatoms. The van der Waals surface area contributed by atoms with Crippen molar-refractivity contribution >= 4 is 17.4 Å². The molecule has 1 saturated heterocycles. The maximum Gasteiger partial charge on any atom is 0.295 e. The van der Waals surface area contributed by atoms with Gasteiger partial charge in [0.25, 0.3) is 11.7 Å². The summed E-state index contributed by atoms with van der Waals surface area (Å²) in [6.07, 6.45) is 7.36. The van der Waals surface area contributed by atoms with Crippen LogP contribution in [0.5, 0.6) is 5.75 Å². The minimum absolute atomic E-state index is 0.0416. The summed E-state index contributed by atoms with van der Waals surface area (Å²) in [5.74, 6) is -1.76. The lowest BCUT2D eigenvalue weighted by molar-refractivity contribution is -0.139. The average molecular weight is 461 g/mol. The zero-order chi connectivity index (χ0) is 24.1. The molecule has 1 atom stereocenters. The second-order valence-corrected chi connectivity index (χ2v) is 7.83. The van der Waals surface area contributed by atoms with Crippen LogP contribution < -0.4 is 4.74 Å². The van der Waals surface area contributed by atoms with Crippen LogP contribution in [0.3, 0.4) is 0 Å². The molecule has 1 N–H and O–H groups in total. The summed E-state index contributed by atoms with van der Waals surface area (Å²) in [6, 6.07) is 11.3. The maximum atomic E-state index is 13.4. The first kappa shape index (κ1) is 23.0. The summed E-state index contributed by atoms with van der Waals surface area (Å²) in [6.45, 7) is 4.83. The Hall–Kier alpha value is -4.20. The van der Waals surface area contributed by atoms with E-state index in [1.54, 1.807) is 42.9 Å². The van der Waals surface area contributed by atoms with E-state index in [4.69, 9.17) is 4.74 Å². The van der Waals surface area contributed by atoms with Crippen molar-refractivity contribution in [3.05, 3.63) is 102 Å². The summed E-state index contributed by atoms with van der Waals surface area (Å²) in [5, 5.41) is 11.0. The minimum atomic E-state index is -0.819. The number of aliphatic hydroxyl groups excluding tert-OH is 1. The van der Waals surface area contributed by atoms with Crippen LogP contribution in [-0.2, 0) is 16.1 Å². The molecule has 1 aliphatic rings. The van der Waals surface area contributed by atoms with Gasteiger partial charge in [-0.05, 0) is 48.4 Å². The molecule has 4 rings (SSSR count). The van der Waals surface area contributed by atoms with Crippen LogP contribution in [-0.4, -0.2) is 44.4 Å². The molecular formula is C26H24FN3O4. The van der Waals surface area contributed by atoms with Crippen molar-refractivity contribution in [1.82, 2.24) is 14.5 Å². The van der Waals surface area contributed by atoms with Gasteiger partial charge in [-0.2, -0.15) is 0 Å². The van der Waals surface area contributed by atoms with E-state index in [1.807, 2.05) is 10.8 Å². The number of aliphatic hydroxyl groups is 1. The van der Waals surface area contributed by atoms with Gasteiger partial charge in [0.2, 0.25) is 0 Å². The number of nitrogens with zero attached hydrogens (tertiary/aromatic N) is 3. The third kappa shape index (κ3) is 4.76. The highest BCUT2D eigenvalue weighted by atomic mass is 19.1. The van der Waals surface area contributed by atoms with Crippen LogP contribution in [0.15, 0.2) is 85.5 Å². The molecule has 2 heterocycles. The molecule has 0 radical (unpaired) electrons. The number of rotatable bonds is 9. The molecule has 7 nitrogen and oxygen atoms in total. The van der Waals surface area contributed by atoms with E-state index in [1.165, 1.54) is 29.2 Å². The number of benzene rings is 2. The van der Waals surface area contributed by atoms with Crippen LogP contribution in [0, 0.1) is 5.82 Å². The lowest BCUT2D eigenvalue weighted by atomic mass is 9.95. The van der Waals surface area contributed by atoms with Crippen molar-refractivity contribution in [3.63, 3.8) is 0 Å². The fourth-order valence-corrected chi connectivity index (χ4v) is 3.99. The Morgan fingerprint density at radius 1 is 1.18 bits per heavy atom.